The summed E-state index contributed by atoms with van der Waals surface area (Å²) in [5.74, 6) is -1.74. The third kappa shape index (κ3) is 7.08. The van der Waals surface area contributed by atoms with Gasteiger partial charge in [-0.3, -0.25) is 19.2 Å². The second kappa shape index (κ2) is 11.6. The number of methoxy groups -OCH3 is 1. The Labute approximate surface area is 174 Å². The molecule has 30 heavy (non-hydrogen) atoms. The molecule has 0 saturated carbocycles. The maximum Gasteiger partial charge on any atom is 0.534 e. The Morgan fingerprint density at radius 1 is 1.20 bits per heavy atom. The first-order valence-electron chi connectivity index (χ1n) is 9.84. The number of amides is 3. The number of nitrogens with one attached hydrogen (secondary N) is 1. The van der Waals surface area contributed by atoms with Crippen molar-refractivity contribution in [2.75, 3.05) is 33.5 Å². The number of imide groups is 1. The molecule has 2 atom stereocenters. The average molecular weight is 428 g/mol. The topological polar surface area (TPSA) is 141 Å². The lowest BCUT2D eigenvalue weighted by Crippen LogP contribution is -2.48. The fraction of sp³-hybridized carbons (Fsp3) is 0.684. The summed E-state index contributed by atoms with van der Waals surface area (Å²) in [5.41, 5.74) is -1.62. The lowest BCUT2D eigenvalue weighted by Gasteiger charge is -2.29. The van der Waals surface area contributed by atoms with Crippen molar-refractivity contribution < 1.29 is 43.3 Å². The van der Waals surface area contributed by atoms with Crippen LogP contribution in [0, 0.1) is 0 Å². The highest BCUT2D eigenvalue weighted by Crippen LogP contribution is 2.25. The van der Waals surface area contributed by atoms with Crippen LogP contribution in [0.5, 0.6) is 0 Å². The molecule has 0 radical (unpaired) electrons. The van der Waals surface area contributed by atoms with Crippen LogP contribution in [0.15, 0.2) is 12.2 Å². The van der Waals surface area contributed by atoms with Crippen molar-refractivity contribution in [3.8, 4) is 0 Å². The van der Waals surface area contributed by atoms with E-state index in [1.165, 1.54) is 0 Å². The molecule has 11 nitrogen and oxygen atoms in total. The van der Waals surface area contributed by atoms with Gasteiger partial charge in [0.15, 0.2) is 0 Å². The van der Waals surface area contributed by atoms with E-state index in [1.54, 1.807) is 19.3 Å². The zero-order chi connectivity index (χ0) is 22.0. The lowest BCUT2D eigenvalue weighted by molar-refractivity contribution is -0.178. The van der Waals surface area contributed by atoms with Gasteiger partial charge in [-0.25, -0.2) is 4.79 Å². The van der Waals surface area contributed by atoms with Crippen molar-refractivity contribution in [3.05, 3.63) is 12.2 Å². The van der Waals surface area contributed by atoms with Gasteiger partial charge in [0.25, 0.3) is 17.7 Å². The van der Waals surface area contributed by atoms with Crippen LogP contribution in [0.1, 0.15) is 38.5 Å². The summed E-state index contributed by atoms with van der Waals surface area (Å²) in [6, 6.07) is 0. The van der Waals surface area contributed by atoms with E-state index in [2.05, 4.69) is 10.2 Å². The Balaban J connectivity index is 1.80. The second-order valence-electron chi connectivity index (χ2n) is 6.98. The molecule has 1 aliphatic heterocycles. The maximum absolute atomic E-state index is 12.4. The molecule has 0 unspecified atom stereocenters. The van der Waals surface area contributed by atoms with E-state index >= 15 is 0 Å². The van der Waals surface area contributed by atoms with Crippen LogP contribution >= 0.6 is 0 Å². The van der Waals surface area contributed by atoms with Gasteiger partial charge in [-0.1, -0.05) is 11.1 Å². The van der Waals surface area contributed by atoms with Gasteiger partial charge in [-0.15, -0.1) is 0 Å². The van der Waals surface area contributed by atoms with Gasteiger partial charge in [-0.2, -0.15) is 0 Å². The van der Waals surface area contributed by atoms with Crippen LogP contribution in [0.4, 0.5) is 4.79 Å². The summed E-state index contributed by atoms with van der Waals surface area (Å²) < 4.78 is 15.2. The molecule has 2 N–H and O–H groups in total. The maximum atomic E-state index is 12.4. The van der Waals surface area contributed by atoms with E-state index in [0.717, 1.165) is 0 Å². The van der Waals surface area contributed by atoms with Crippen LogP contribution in [0.25, 0.3) is 0 Å². The number of carbonyl (C=O) groups excluding carboxylic acids is 4. The number of nitrogens with zero attached hydrogens (tertiary/aromatic N) is 1. The van der Waals surface area contributed by atoms with E-state index in [1.807, 2.05) is 0 Å². The summed E-state index contributed by atoms with van der Waals surface area (Å²) >= 11 is 0. The number of ether oxygens (including phenoxy) is 3. The zero-order valence-corrected chi connectivity index (χ0v) is 17.0. The van der Waals surface area contributed by atoms with Crippen LogP contribution < -0.4 is 5.32 Å². The molecule has 1 heterocycles. The number of rotatable bonds is 9. The molecular weight excluding hydrogens is 400 g/mol. The van der Waals surface area contributed by atoms with Gasteiger partial charge >= 0.3 is 6.16 Å². The van der Waals surface area contributed by atoms with Crippen LogP contribution in [-0.4, -0.2) is 79.2 Å². The summed E-state index contributed by atoms with van der Waals surface area (Å²) in [7, 11) is 1.56. The highest BCUT2D eigenvalue weighted by atomic mass is 16.8. The number of carbonyl (C=O) groups is 4. The first-order valence-corrected chi connectivity index (χ1v) is 9.84. The SMILES string of the molecule is COCCOCCNC(=O)[C@]1(O)CC/C=C\[C@H](OC(=O)ON2C(=O)CCC2=O)CC1. The van der Waals surface area contributed by atoms with Gasteiger partial charge in [-0.05, 0) is 31.8 Å². The molecule has 0 aromatic carbocycles. The summed E-state index contributed by atoms with van der Waals surface area (Å²) in [4.78, 5) is 52.0. The third-order valence-corrected chi connectivity index (χ3v) is 4.72. The van der Waals surface area contributed by atoms with Crippen molar-refractivity contribution in [3.63, 3.8) is 0 Å². The highest BCUT2D eigenvalue weighted by Gasteiger charge is 2.37. The van der Waals surface area contributed by atoms with Crippen molar-refractivity contribution in [1.82, 2.24) is 10.4 Å². The number of hydroxylamine groups is 2. The predicted molar refractivity (Wildman–Crippen MR) is 101 cm³/mol. The van der Waals surface area contributed by atoms with E-state index in [-0.39, 0.29) is 45.3 Å². The summed E-state index contributed by atoms with van der Waals surface area (Å²) in [5, 5.41) is 13.8. The molecule has 11 heteroatoms. The Bertz CT molecular complexity index is 650. The molecule has 3 amide bonds. The fourth-order valence-electron chi connectivity index (χ4n) is 3.02. The summed E-state index contributed by atoms with van der Waals surface area (Å²) in [6.45, 7) is 1.39. The molecule has 1 aliphatic carbocycles. The normalized spacial score (nSPS) is 25.4. The molecular formula is C19H28N2O9. The lowest BCUT2D eigenvalue weighted by atomic mass is 9.87. The largest absolute Gasteiger partial charge is 0.534 e. The molecule has 1 fully saturated rings. The van der Waals surface area contributed by atoms with E-state index in [0.29, 0.717) is 24.7 Å². The van der Waals surface area contributed by atoms with Crippen LogP contribution in [0.2, 0.25) is 0 Å². The number of allylic oxidation sites excluding steroid dienone is 1. The number of hydrogen-bond acceptors (Lipinski definition) is 9. The van der Waals surface area contributed by atoms with Crippen molar-refractivity contribution in [1.29, 1.82) is 0 Å². The number of aliphatic hydroxyl groups is 1. The van der Waals surface area contributed by atoms with Crippen LogP contribution in [-0.2, 0) is 33.4 Å². The quantitative estimate of drug-likeness (QED) is 0.228. The minimum Gasteiger partial charge on any atom is -0.425 e. The monoisotopic (exact) mass is 428 g/mol. The van der Waals surface area contributed by atoms with Crippen molar-refractivity contribution in [2.24, 2.45) is 0 Å². The van der Waals surface area contributed by atoms with E-state index < -0.39 is 35.6 Å². The van der Waals surface area contributed by atoms with Crippen LogP contribution in [0.3, 0.4) is 0 Å². The average Bonchev–Trinajstić information content (AvgIpc) is 3.02. The molecule has 0 aromatic rings. The predicted octanol–water partition coefficient (Wildman–Crippen LogP) is 0.213. The zero-order valence-electron chi connectivity index (χ0n) is 17.0. The third-order valence-electron chi connectivity index (χ3n) is 4.72. The van der Waals surface area contributed by atoms with Crippen molar-refractivity contribution in [2.45, 2.75) is 50.2 Å². The second-order valence-corrected chi connectivity index (χ2v) is 6.98. The van der Waals surface area contributed by atoms with Gasteiger partial charge in [0.2, 0.25) is 0 Å². The Kier molecular flexibility index (Phi) is 9.21. The van der Waals surface area contributed by atoms with E-state index in [4.69, 9.17) is 14.2 Å². The molecule has 2 rings (SSSR count). The Morgan fingerprint density at radius 2 is 1.93 bits per heavy atom. The fourth-order valence-corrected chi connectivity index (χ4v) is 3.02. The van der Waals surface area contributed by atoms with Gasteiger partial charge in [0.1, 0.15) is 11.7 Å². The van der Waals surface area contributed by atoms with Crippen molar-refractivity contribution >= 4 is 23.9 Å². The minimum absolute atomic E-state index is 0.0188. The van der Waals surface area contributed by atoms with Gasteiger partial charge in [0, 0.05) is 26.5 Å². The van der Waals surface area contributed by atoms with Gasteiger partial charge < -0.3 is 24.6 Å². The Morgan fingerprint density at radius 3 is 2.63 bits per heavy atom. The minimum atomic E-state index is -1.62. The standard InChI is InChI=1S/C19H28N2O9/c1-27-12-13-28-11-10-20-17(24)19(26)8-3-2-4-14(7-9-19)29-18(25)30-21-15(22)5-6-16(21)23/h2,4,14,26H,3,5-13H2,1H3,(H,20,24)/b4-2-/t14-,19-/m0/s1. The molecule has 0 spiro atoms. The summed E-state index contributed by atoms with van der Waals surface area (Å²) in [6.07, 6.45) is 2.11. The van der Waals surface area contributed by atoms with E-state index in [9.17, 15) is 24.3 Å². The smallest absolute Gasteiger partial charge is 0.425 e. The molecule has 168 valence electrons. The molecule has 2 aliphatic rings. The molecule has 0 bridgehead atoms. The first-order chi connectivity index (χ1) is 14.4. The highest BCUT2D eigenvalue weighted by molar-refractivity contribution is 6.01. The number of hydrogen-bond donors (Lipinski definition) is 2. The first kappa shape index (κ1) is 23.8. The molecule has 1 saturated heterocycles. The molecule has 0 aromatic heterocycles. The Hall–Kier alpha value is -2.50. The van der Waals surface area contributed by atoms with Gasteiger partial charge in [0.05, 0.1) is 19.8 Å².